The predicted octanol–water partition coefficient (Wildman–Crippen LogP) is 1.85. The van der Waals surface area contributed by atoms with E-state index in [-0.39, 0.29) is 28.8 Å². The molecule has 2 aromatic heterocycles. The first-order valence-electron chi connectivity index (χ1n) is 8.85. The Kier molecular flexibility index (Phi) is 4.26. The SMILES string of the molecule is Cn1c(=O)c2c(nc(Cl)n2CC(=O)c2ccc3c(c2)CCCC3)n(C)c1=O. The molecule has 1 aliphatic carbocycles. The Hall–Kier alpha value is -2.67. The molecule has 0 unspecified atom stereocenters. The van der Waals surface area contributed by atoms with E-state index in [1.54, 1.807) is 0 Å². The maximum absolute atomic E-state index is 12.9. The lowest BCUT2D eigenvalue weighted by molar-refractivity contribution is 0.0973. The first kappa shape index (κ1) is 17.7. The van der Waals surface area contributed by atoms with Gasteiger partial charge in [0, 0.05) is 19.7 Å². The molecule has 0 spiro atoms. The smallest absolute Gasteiger partial charge is 0.301 e. The number of carbonyl (C=O) groups excluding carboxylic acids is 1. The van der Waals surface area contributed by atoms with E-state index >= 15 is 0 Å². The zero-order valence-electron chi connectivity index (χ0n) is 15.2. The number of carbonyl (C=O) groups is 1. The van der Waals surface area contributed by atoms with E-state index in [1.807, 2.05) is 18.2 Å². The number of rotatable bonds is 3. The van der Waals surface area contributed by atoms with Crippen LogP contribution in [0.1, 0.15) is 34.3 Å². The molecule has 0 aliphatic heterocycles. The molecule has 0 bridgehead atoms. The van der Waals surface area contributed by atoms with Gasteiger partial charge in [-0.3, -0.25) is 18.7 Å². The normalized spacial score (nSPS) is 13.7. The number of hydrogen-bond acceptors (Lipinski definition) is 4. The third kappa shape index (κ3) is 2.82. The molecular formula is C19H19ClN4O3. The van der Waals surface area contributed by atoms with Crippen LogP contribution in [0.25, 0.3) is 11.2 Å². The van der Waals surface area contributed by atoms with Crippen LogP contribution in [0.3, 0.4) is 0 Å². The van der Waals surface area contributed by atoms with Gasteiger partial charge in [0.1, 0.15) is 0 Å². The van der Waals surface area contributed by atoms with E-state index < -0.39 is 11.2 Å². The van der Waals surface area contributed by atoms with E-state index in [1.165, 1.54) is 40.8 Å². The Morgan fingerprint density at radius 1 is 1.11 bits per heavy atom. The van der Waals surface area contributed by atoms with Crippen LogP contribution in [0.15, 0.2) is 27.8 Å². The number of fused-ring (bicyclic) bond motifs is 2. The molecule has 0 saturated carbocycles. The molecule has 0 amide bonds. The van der Waals surface area contributed by atoms with Crippen LogP contribution >= 0.6 is 11.6 Å². The molecule has 8 heteroatoms. The Morgan fingerprint density at radius 2 is 1.81 bits per heavy atom. The standard InChI is InChI=1S/C19H19ClN4O3/c1-22-16-15(17(26)23(2)19(22)27)24(18(20)21-16)10-14(25)13-8-7-11-5-3-4-6-12(11)9-13/h7-9H,3-6,10H2,1-2H3. The molecule has 7 nitrogen and oxygen atoms in total. The van der Waals surface area contributed by atoms with Crippen LogP contribution in [0.4, 0.5) is 0 Å². The topological polar surface area (TPSA) is 78.9 Å². The summed E-state index contributed by atoms with van der Waals surface area (Å²) in [4.78, 5) is 41.6. The molecule has 1 aromatic carbocycles. The highest BCUT2D eigenvalue weighted by Crippen LogP contribution is 2.23. The van der Waals surface area contributed by atoms with Gasteiger partial charge in [-0.2, -0.15) is 4.98 Å². The largest absolute Gasteiger partial charge is 0.332 e. The number of aromatic nitrogens is 4. The fourth-order valence-electron chi connectivity index (χ4n) is 3.71. The lowest BCUT2D eigenvalue weighted by Crippen LogP contribution is -2.37. The molecule has 4 rings (SSSR count). The van der Waals surface area contributed by atoms with Crippen molar-refractivity contribution in [1.29, 1.82) is 0 Å². The minimum atomic E-state index is -0.522. The summed E-state index contributed by atoms with van der Waals surface area (Å²) in [5.41, 5.74) is 2.41. The van der Waals surface area contributed by atoms with Crippen LogP contribution < -0.4 is 11.2 Å². The van der Waals surface area contributed by atoms with Gasteiger partial charge in [0.15, 0.2) is 16.9 Å². The summed E-state index contributed by atoms with van der Waals surface area (Å²) in [6, 6.07) is 5.78. The number of ketones is 1. The summed E-state index contributed by atoms with van der Waals surface area (Å²) in [7, 11) is 2.91. The number of halogens is 1. The summed E-state index contributed by atoms with van der Waals surface area (Å²) < 4.78 is 3.61. The number of nitrogens with zero attached hydrogens (tertiary/aromatic N) is 4. The zero-order valence-corrected chi connectivity index (χ0v) is 15.9. The fraction of sp³-hybridized carbons (Fsp3) is 0.368. The number of aryl methyl sites for hydroxylation is 3. The lowest BCUT2D eigenvalue weighted by Gasteiger charge is -2.16. The van der Waals surface area contributed by atoms with Gasteiger partial charge in [0.05, 0.1) is 6.54 Å². The second kappa shape index (κ2) is 6.49. The summed E-state index contributed by atoms with van der Waals surface area (Å²) >= 11 is 6.20. The van der Waals surface area contributed by atoms with Crippen LogP contribution in [0, 0.1) is 0 Å². The van der Waals surface area contributed by atoms with E-state index in [0.717, 1.165) is 23.8 Å². The quantitative estimate of drug-likeness (QED) is 0.508. The van der Waals surface area contributed by atoms with Crippen molar-refractivity contribution in [2.75, 3.05) is 0 Å². The summed E-state index contributed by atoms with van der Waals surface area (Å²) in [6.07, 6.45) is 4.34. The Labute approximate surface area is 159 Å². The summed E-state index contributed by atoms with van der Waals surface area (Å²) in [6.45, 7) is -0.110. The molecular weight excluding hydrogens is 368 g/mol. The first-order valence-corrected chi connectivity index (χ1v) is 9.23. The molecule has 27 heavy (non-hydrogen) atoms. The number of hydrogen-bond donors (Lipinski definition) is 0. The van der Waals surface area contributed by atoms with Crippen molar-refractivity contribution >= 4 is 28.5 Å². The lowest BCUT2D eigenvalue weighted by atomic mass is 9.90. The van der Waals surface area contributed by atoms with Crippen LogP contribution in [-0.2, 0) is 33.5 Å². The number of imidazole rings is 1. The predicted molar refractivity (Wildman–Crippen MR) is 103 cm³/mol. The molecule has 140 valence electrons. The van der Waals surface area contributed by atoms with Gasteiger partial charge in [-0.15, -0.1) is 0 Å². The van der Waals surface area contributed by atoms with Crippen molar-refractivity contribution in [3.05, 3.63) is 61.0 Å². The molecule has 1 aliphatic rings. The average molecular weight is 387 g/mol. The van der Waals surface area contributed by atoms with Crippen LogP contribution in [0.2, 0.25) is 5.28 Å². The monoisotopic (exact) mass is 386 g/mol. The van der Waals surface area contributed by atoms with Crippen LogP contribution in [0.5, 0.6) is 0 Å². The van der Waals surface area contributed by atoms with E-state index in [4.69, 9.17) is 11.6 Å². The molecule has 2 heterocycles. The van der Waals surface area contributed by atoms with Gasteiger partial charge in [0.25, 0.3) is 5.56 Å². The van der Waals surface area contributed by atoms with Crippen molar-refractivity contribution < 1.29 is 4.79 Å². The van der Waals surface area contributed by atoms with Crippen molar-refractivity contribution in [2.24, 2.45) is 14.1 Å². The minimum absolute atomic E-state index is 0.00890. The molecule has 0 saturated heterocycles. The highest BCUT2D eigenvalue weighted by Gasteiger charge is 2.21. The van der Waals surface area contributed by atoms with Crippen molar-refractivity contribution in [3.8, 4) is 0 Å². The van der Waals surface area contributed by atoms with Gasteiger partial charge in [-0.25, -0.2) is 4.79 Å². The summed E-state index contributed by atoms with van der Waals surface area (Å²) in [5.74, 6) is -0.152. The van der Waals surface area contributed by atoms with Crippen molar-refractivity contribution in [1.82, 2.24) is 18.7 Å². The average Bonchev–Trinajstić information content (AvgIpc) is 3.00. The third-order valence-corrected chi connectivity index (χ3v) is 5.56. The summed E-state index contributed by atoms with van der Waals surface area (Å²) in [5, 5.41) is 0.00890. The fourth-order valence-corrected chi connectivity index (χ4v) is 3.93. The van der Waals surface area contributed by atoms with E-state index in [2.05, 4.69) is 4.98 Å². The van der Waals surface area contributed by atoms with E-state index in [0.29, 0.717) is 5.56 Å². The first-order chi connectivity index (χ1) is 12.9. The minimum Gasteiger partial charge on any atom is -0.301 e. The van der Waals surface area contributed by atoms with E-state index in [9.17, 15) is 14.4 Å². The Bertz CT molecular complexity index is 1200. The molecule has 0 N–H and O–H groups in total. The molecule has 0 fully saturated rings. The second-order valence-electron chi connectivity index (χ2n) is 6.96. The van der Waals surface area contributed by atoms with Gasteiger partial charge in [-0.1, -0.05) is 12.1 Å². The molecule has 0 radical (unpaired) electrons. The molecule has 0 atom stereocenters. The van der Waals surface area contributed by atoms with Gasteiger partial charge >= 0.3 is 5.69 Å². The van der Waals surface area contributed by atoms with Gasteiger partial charge < -0.3 is 4.57 Å². The maximum atomic E-state index is 12.9. The molecule has 3 aromatic rings. The highest BCUT2D eigenvalue weighted by atomic mass is 35.5. The maximum Gasteiger partial charge on any atom is 0.332 e. The van der Waals surface area contributed by atoms with Gasteiger partial charge in [-0.05, 0) is 54.5 Å². The third-order valence-electron chi connectivity index (χ3n) is 5.27. The highest BCUT2D eigenvalue weighted by molar-refractivity contribution is 6.29. The van der Waals surface area contributed by atoms with Crippen molar-refractivity contribution in [3.63, 3.8) is 0 Å². The zero-order chi connectivity index (χ0) is 19.3. The Morgan fingerprint density at radius 3 is 2.56 bits per heavy atom. The van der Waals surface area contributed by atoms with Gasteiger partial charge in [0.2, 0.25) is 5.28 Å². The number of benzene rings is 1. The van der Waals surface area contributed by atoms with Crippen LogP contribution in [-0.4, -0.2) is 24.5 Å². The Balaban J connectivity index is 1.78. The number of Topliss-reactive ketones (excluding diaryl/α,β-unsaturated/α-hetero) is 1. The second-order valence-corrected chi connectivity index (χ2v) is 7.30. The van der Waals surface area contributed by atoms with Crippen molar-refractivity contribution in [2.45, 2.75) is 32.2 Å².